The number of benzene rings is 1. The average Bonchev–Trinajstić information content (AvgIpc) is 2.99. The van der Waals surface area contributed by atoms with E-state index in [1.54, 1.807) is 0 Å². The van der Waals surface area contributed by atoms with Gasteiger partial charge in [-0.25, -0.2) is 4.99 Å². The first-order valence-corrected chi connectivity index (χ1v) is 6.71. The fourth-order valence-electron chi connectivity index (χ4n) is 2.38. The third-order valence-corrected chi connectivity index (χ3v) is 3.39. The molecule has 100 valence electrons. The van der Waals surface area contributed by atoms with Crippen LogP contribution < -0.4 is 0 Å². The molecule has 1 unspecified atom stereocenters. The highest BCUT2D eigenvalue weighted by molar-refractivity contribution is 6.08. The van der Waals surface area contributed by atoms with Gasteiger partial charge in [-0.1, -0.05) is 31.5 Å². The number of aromatic hydroxyl groups is 1. The van der Waals surface area contributed by atoms with Crippen LogP contribution in [0.3, 0.4) is 0 Å². The van der Waals surface area contributed by atoms with Crippen LogP contribution in [0.2, 0.25) is 0 Å². The molecular weight excluding hydrogens is 242 g/mol. The van der Waals surface area contributed by atoms with E-state index < -0.39 is 0 Å². The van der Waals surface area contributed by atoms with Gasteiger partial charge in [0, 0.05) is 5.39 Å². The Kier molecular flexibility index (Phi) is 3.15. The van der Waals surface area contributed by atoms with Crippen LogP contribution in [0.4, 0.5) is 0 Å². The van der Waals surface area contributed by atoms with Gasteiger partial charge in [-0.05, 0) is 18.9 Å². The van der Waals surface area contributed by atoms with E-state index >= 15 is 0 Å². The smallest absolute Gasteiger partial charge is 0.296 e. The zero-order valence-corrected chi connectivity index (χ0v) is 10.9. The predicted octanol–water partition coefficient (Wildman–Crippen LogP) is 3.47. The highest BCUT2D eigenvalue weighted by atomic mass is 16.5. The number of unbranched alkanes of at least 4 members (excludes halogenated alkanes) is 1. The quantitative estimate of drug-likeness (QED) is 0.914. The molecule has 1 aliphatic rings. The van der Waals surface area contributed by atoms with Crippen molar-refractivity contribution >= 4 is 16.9 Å². The summed E-state index contributed by atoms with van der Waals surface area (Å²) in [7, 11) is 0. The molecule has 19 heavy (non-hydrogen) atoms. The van der Waals surface area contributed by atoms with Gasteiger partial charge in [0.05, 0.1) is 6.54 Å². The van der Waals surface area contributed by atoms with E-state index in [9.17, 15) is 5.11 Å². The minimum absolute atomic E-state index is 0.115. The molecule has 1 atom stereocenters. The molecule has 2 heterocycles. The van der Waals surface area contributed by atoms with Gasteiger partial charge in [0.2, 0.25) is 5.90 Å². The topological polar surface area (TPSA) is 55.0 Å². The van der Waals surface area contributed by atoms with Crippen molar-refractivity contribution < 1.29 is 14.3 Å². The highest BCUT2D eigenvalue weighted by Crippen LogP contribution is 2.33. The molecule has 3 rings (SSSR count). The molecule has 0 radical (unpaired) electrons. The number of aliphatic imine (C=N–C) groups is 1. The minimum Gasteiger partial charge on any atom is -0.480 e. The Bertz CT molecular complexity index is 615. The summed E-state index contributed by atoms with van der Waals surface area (Å²) in [4.78, 5) is 4.40. The van der Waals surface area contributed by atoms with Gasteiger partial charge in [-0.15, -0.1) is 0 Å². The summed E-state index contributed by atoms with van der Waals surface area (Å²) >= 11 is 0. The van der Waals surface area contributed by atoms with Gasteiger partial charge < -0.3 is 14.3 Å². The molecule has 0 saturated carbocycles. The Labute approximate surface area is 111 Å². The fraction of sp³-hybridized carbons (Fsp3) is 0.400. The summed E-state index contributed by atoms with van der Waals surface area (Å²) in [5.41, 5.74) is 1.23. The van der Waals surface area contributed by atoms with Gasteiger partial charge in [-0.2, -0.15) is 0 Å². The number of hydrogen-bond acceptors (Lipinski definition) is 4. The number of rotatable bonds is 4. The van der Waals surface area contributed by atoms with Gasteiger partial charge >= 0.3 is 0 Å². The first-order valence-electron chi connectivity index (χ1n) is 6.71. The van der Waals surface area contributed by atoms with Crippen LogP contribution in [0.5, 0.6) is 5.95 Å². The third kappa shape index (κ3) is 2.18. The fourth-order valence-corrected chi connectivity index (χ4v) is 2.38. The van der Waals surface area contributed by atoms with Gasteiger partial charge in [0.1, 0.15) is 17.3 Å². The minimum atomic E-state index is -0.115. The predicted molar refractivity (Wildman–Crippen MR) is 73.7 cm³/mol. The lowest BCUT2D eigenvalue weighted by Gasteiger charge is -2.09. The molecule has 1 aromatic carbocycles. The second kappa shape index (κ2) is 4.96. The average molecular weight is 259 g/mol. The van der Waals surface area contributed by atoms with Crippen molar-refractivity contribution in [2.24, 2.45) is 4.99 Å². The maximum absolute atomic E-state index is 9.93. The Morgan fingerprint density at radius 3 is 3.05 bits per heavy atom. The molecular formula is C15H17NO3. The van der Waals surface area contributed by atoms with Crippen LogP contribution in [0.25, 0.3) is 11.0 Å². The molecule has 0 saturated heterocycles. The van der Waals surface area contributed by atoms with Crippen molar-refractivity contribution in [1.82, 2.24) is 0 Å². The molecule has 4 nitrogen and oxygen atoms in total. The lowest BCUT2D eigenvalue weighted by molar-refractivity contribution is 0.209. The zero-order chi connectivity index (χ0) is 13.2. The van der Waals surface area contributed by atoms with Gasteiger partial charge in [0.15, 0.2) is 0 Å². The lowest BCUT2D eigenvalue weighted by Crippen LogP contribution is -2.13. The Hall–Kier alpha value is -1.97. The van der Waals surface area contributed by atoms with Gasteiger partial charge in [0.25, 0.3) is 5.95 Å². The van der Waals surface area contributed by atoms with Gasteiger partial charge in [-0.3, -0.25) is 0 Å². The molecule has 0 bridgehead atoms. The van der Waals surface area contributed by atoms with Crippen molar-refractivity contribution in [3.8, 4) is 5.95 Å². The van der Waals surface area contributed by atoms with Crippen LogP contribution in [-0.4, -0.2) is 23.7 Å². The van der Waals surface area contributed by atoms with E-state index in [1.807, 2.05) is 24.3 Å². The SMILES string of the molecule is CCCCC1CN=C(c2c(O)oc3ccccc23)O1. The van der Waals surface area contributed by atoms with Crippen LogP contribution in [0.1, 0.15) is 31.7 Å². The Balaban J connectivity index is 1.87. The first-order chi connectivity index (χ1) is 9.29. The molecule has 0 aliphatic carbocycles. The Morgan fingerprint density at radius 1 is 1.37 bits per heavy atom. The molecule has 0 spiro atoms. The molecule has 4 heteroatoms. The highest BCUT2D eigenvalue weighted by Gasteiger charge is 2.26. The second-order valence-electron chi connectivity index (χ2n) is 4.81. The van der Waals surface area contributed by atoms with Crippen molar-refractivity contribution in [3.63, 3.8) is 0 Å². The molecule has 0 amide bonds. The summed E-state index contributed by atoms with van der Waals surface area (Å²) in [5.74, 6) is 0.389. The summed E-state index contributed by atoms with van der Waals surface area (Å²) in [6.45, 7) is 2.82. The van der Waals surface area contributed by atoms with Crippen LogP contribution in [0, 0.1) is 0 Å². The number of nitrogens with zero attached hydrogens (tertiary/aromatic N) is 1. The maximum atomic E-state index is 9.93. The van der Waals surface area contributed by atoms with Crippen molar-refractivity contribution in [2.45, 2.75) is 32.3 Å². The van der Waals surface area contributed by atoms with E-state index in [0.29, 0.717) is 23.6 Å². The molecule has 0 fully saturated rings. The number of ether oxygens (including phenoxy) is 1. The lowest BCUT2D eigenvalue weighted by atomic mass is 10.1. The summed E-state index contributed by atoms with van der Waals surface area (Å²) in [6, 6.07) is 7.50. The van der Waals surface area contributed by atoms with E-state index in [1.165, 1.54) is 0 Å². The molecule has 2 aromatic rings. The third-order valence-electron chi connectivity index (χ3n) is 3.39. The summed E-state index contributed by atoms with van der Waals surface area (Å²) in [5, 5.41) is 10.8. The molecule has 1 N–H and O–H groups in total. The molecule has 1 aliphatic heterocycles. The summed E-state index contributed by atoms with van der Waals surface area (Å²) in [6.07, 6.45) is 3.41. The van der Waals surface area contributed by atoms with Crippen molar-refractivity contribution in [3.05, 3.63) is 29.8 Å². The number of fused-ring (bicyclic) bond motifs is 1. The van der Waals surface area contributed by atoms with Crippen molar-refractivity contribution in [2.75, 3.05) is 6.54 Å². The molecule has 1 aromatic heterocycles. The number of hydrogen-bond donors (Lipinski definition) is 1. The van der Waals surface area contributed by atoms with E-state index in [-0.39, 0.29) is 12.1 Å². The monoisotopic (exact) mass is 259 g/mol. The number of furan rings is 1. The maximum Gasteiger partial charge on any atom is 0.296 e. The normalized spacial score (nSPS) is 18.6. The van der Waals surface area contributed by atoms with Crippen molar-refractivity contribution in [1.29, 1.82) is 0 Å². The van der Waals surface area contributed by atoms with Crippen LogP contribution in [-0.2, 0) is 4.74 Å². The zero-order valence-electron chi connectivity index (χ0n) is 10.9. The van der Waals surface area contributed by atoms with E-state index in [2.05, 4.69) is 11.9 Å². The first kappa shape index (κ1) is 12.1. The summed E-state index contributed by atoms with van der Waals surface area (Å²) < 4.78 is 11.1. The second-order valence-corrected chi connectivity index (χ2v) is 4.81. The van der Waals surface area contributed by atoms with E-state index in [4.69, 9.17) is 9.15 Å². The standard InChI is InChI=1S/C15H17NO3/c1-2-3-6-10-9-16-14(18-10)13-11-7-4-5-8-12(11)19-15(13)17/h4-5,7-8,10,17H,2-3,6,9H2,1H3. The Morgan fingerprint density at radius 2 is 2.21 bits per heavy atom. The van der Waals surface area contributed by atoms with Crippen LogP contribution in [0.15, 0.2) is 33.7 Å². The largest absolute Gasteiger partial charge is 0.480 e. The van der Waals surface area contributed by atoms with Crippen LogP contribution >= 0.6 is 0 Å². The van der Waals surface area contributed by atoms with E-state index in [0.717, 1.165) is 24.6 Å². The number of para-hydroxylation sites is 1.